The predicted molar refractivity (Wildman–Crippen MR) is 133 cm³/mol. The van der Waals surface area contributed by atoms with Gasteiger partial charge in [0.15, 0.2) is 11.5 Å². The summed E-state index contributed by atoms with van der Waals surface area (Å²) < 4.78 is 35.0. The Bertz CT molecular complexity index is 976. The second-order valence-electron chi connectivity index (χ2n) is 10.0. The molecule has 35 heavy (non-hydrogen) atoms. The van der Waals surface area contributed by atoms with E-state index in [1.54, 1.807) is 20.3 Å². The van der Waals surface area contributed by atoms with Crippen LogP contribution >= 0.6 is 0 Å². The maximum atomic E-state index is 12.8. The molecule has 2 unspecified atom stereocenters. The van der Waals surface area contributed by atoms with Crippen molar-refractivity contribution in [2.75, 3.05) is 27.4 Å². The molecule has 7 heteroatoms. The standard InChI is InChI=1S/C28H38O7/c1-7-32-22-16-19(9-11-20(22)30-5)10-13-24(29)34-21-14-15-28(17-33-28)26(25(21)31-6)27(4)23(35-27)12-8-18(2)3/h8-11,13,16,21,23,25-26H,7,12,14-15,17H2,1-6H3/b13-10+/t21-,23?,25-,26?,27-,28+/m1/s1. The van der Waals surface area contributed by atoms with Crippen LogP contribution in [-0.2, 0) is 23.7 Å². The van der Waals surface area contributed by atoms with Crippen LogP contribution in [0.15, 0.2) is 35.9 Å². The van der Waals surface area contributed by atoms with Crippen molar-refractivity contribution in [3.05, 3.63) is 41.5 Å². The molecule has 192 valence electrons. The molecular formula is C28H38O7. The average molecular weight is 487 g/mol. The van der Waals surface area contributed by atoms with E-state index in [-0.39, 0.29) is 35.4 Å². The van der Waals surface area contributed by atoms with Crippen LogP contribution in [0.5, 0.6) is 11.5 Å². The lowest BCUT2D eigenvalue weighted by Crippen LogP contribution is -2.55. The van der Waals surface area contributed by atoms with Crippen molar-refractivity contribution in [3.8, 4) is 11.5 Å². The monoisotopic (exact) mass is 486 g/mol. The summed E-state index contributed by atoms with van der Waals surface area (Å²) in [6, 6.07) is 5.53. The number of hydrogen-bond donors (Lipinski definition) is 0. The Balaban J connectivity index is 1.44. The fourth-order valence-corrected chi connectivity index (χ4v) is 5.49. The Labute approximate surface area is 208 Å². The van der Waals surface area contributed by atoms with Crippen LogP contribution in [0.1, 0.15) is 52.5 Å². The van der Waals surface area contributed by atoms with Crippen LogP contribution < -0.4 is 9.47 Å². The van der Waals surface area contributed by atoms with E-state index >= 15 is 0 Å². The maximum Gasteiger partial charge on any atom is 0.331 e. The lowest BCUT2D eigenvalue weighted by atomic mass is 9.68. The molecule has 2 saturated heterocycles. The number of epoxide rings is 2. The summed E-state index contributed by atoms with van der Waals surface area (Å²) in [7, 11) is 3.28. The van der Waals surface area contributed by atoms with Gasteiger partial charge in [0.2, 0.25) is 0 Å². The molecule has 3 fully saturated rings. The fraction of sp³-hybridized carbons (Fsp3) is 0.607. The molecule has 1 aliphatic carbocycles. The van der Waals surface area contributed by atoms with Crippen molar-refractivity contribution >= 4 is 12.0 Å². The third kappa shape index (κ3) is 5.42. The molecule has 1 aromatic rings. The molecule has 1 spiro atoms. The van der Waals surface area contributed by atoms with Gasteiger partial charge in [-0.25, -0.2) is 4.79 Å². The van der Waals surface area contributed by atoms with Gasteiger partial charge in [0.05, 0.1) is 32.3 Å². The lowest BCUT2D eigenvalue weighted by molar-refractivity contribution is -0.166. The largest absolute Gasteiger partial charge is 0.493 e. The van der Waals surface area contributed by atoms with Gasteiger partial charge in [0.25, 0.3) is 0 Å². The van der Waals surface area contributed by atoms with Crippen molar-refractivity contribution < 1.29 is 33.2 Å². The van der Waals surface area contributed by atoms with Crippen LogP contribution in [0.2, 0.25) is 0 Å². The fourth-order valence-electron chi connectivity index (χ4n) is 5.49. The molecule has 2 aliphatic heterocycles. The minimum atomic E-state index is -0.403. The SMILES string of the molecule is CCOc1cc(/C=C/C(=O)O[C@@H]2CC[C@]3(CO3)C([C@]3(C)OC3CC=C(C)C)[C@@H]2OC)ccc1OC. The van der Waals surface area contributed by atoms with Gasteiger partial charge in [0.1, 0.15) is 23.4 Å². The number of hydrogen-bond acceptors (Lipinski definition) is 7. The predicted octanol–water partition coefficient (Wildman–Crippen LogP) is 4.73. The van der Waals surface area contributed by atoms with E-state index < -0.39 is 5.97 Å². The molecule has 3 aliphatic rings. The van der Waals surface area contributed by atoms with Gasteiger partial charge in [-0.05, 0) is 70.7 Å². The maximum absolute atomic E-state index is 12.8. The van der Waals surface area contributed by atoms with Crippen molar-refractivity contribution in [3.63, 3.8) is 0 Å². The summed E-state index contributed by atoms with van der Waals surface area (Å²) in [5.41, 5.74) is 1.49. The topological polar surface area (TPSA) is 79.1 Å². The first-order chi connectivity index (χ1) is 16.8. The van der Waals surface area contributed by atoms with Gasteiger partial charge in [0, 0.05) is 13.2 Å². The molecule has 1 aromatic carbocycles. The molecule has 7 nitrogen and oxygen atoms in total. The molecule has 0 amide bonds. The van der Waals surface area contributed by atoms with Crippen LogP contribution in [0.4, 0.5) is 0 Å². The highest BCUT2D eigenvalue weighted by atomic mass is 16.6. The Hall–Kier alpha value is -2.35. The van der Waals surface area contributed by atoms with E-state index in [1.807, 2.05) is 25.1 Å². The second kappa shape index (κ2) is 10.3. The van der Waals surface area contributed by atoms with Crippen LogP contribution in [-0.4, -0.2) is 62.9 Å². The van der Waals surface area contributed by atoms with Gasteiger partial charge in [-0.2, -0.15) is 0 Å². The highest BCUT2D eigenvalue weighted by Crippen LogP contribution is 2.59. The van der Waals surface area contributed by atoms with Crippen molar-refractivity contribution in [2.24, 2.45) is 5.92 Å². The summed E-state index contributed by atoms with van der Waals surface area (Å²) in [6.45, 7) is 9.46. The Morgan fingerprint density at radius 2 is 2.00 bits per heavy atom. The van der Waals surface area contributed by atoms with E-state index in [0.29, 0.717) is 31.1 Å². The van der Waals surface area contributed by atoms with Gasteiger partial charge in [-0.3, -0.25) is 0 Å². The lowest BCUT2D eigenvalue weighted by Gasteiger charge is -2.42. The van der Waals surface area contributed by atoms with Crippen LogP contribution in [0, 0.1) is 5.92 Å². The van der Waals surface area contributed by atoms with E-state index in [4.69, 9.17) is 28.4 Å². The van der Waals surface area contributed by atoms with E-state index in [9.17, 15) is 4.79 Å². The summed E-state index contributed by atoms with van der Waals surface area (Å²) in [4.78, 5) is 12.8. The minimum absolute atomic E-state index is 0.00132. The smallest absolute Gasteiger partial charge is 0.331 e. The average Bonchev–Trinajstić information content (AvgIpc) is 3.75. The van der Waals surface area contributed by atoms with Crippen LogP contribution in [0.3, 0.4) is 0 Å². The number of allylic oxidation sites excluding steroid dienone is 1. The molecule has 0 N–H and O–H groups in total. The quantitative estimate of drug-likeness (QED) is 0.205. The Morgan fingerprint density at radius 3 is 2.63 bits per heavy atom. The molecule has 1 saturated carbocycles. The third-order valence-corrected chi connectivity index (χ3v) is 7.40. The molecule has 2 heterocycles. The van der Waals surface area contributed by atoms with Crippen molar-refractivity contribution in [1.82, 2.24) is 0 Å². The highest BCUT2D eigenvalue weighted by molar-refractivity contribution is 5.87. The van der Waals surface area contributed by atoms with Crippen LogP contribution in [0.25, 0.3) is 6.08 Å². The molecular weight excluding hydrogens is 448 g/mol. The van der Waals surface area contributed by atoms with Crippen molar-refractivity contribution in [1.29, 1.82) is 0 Å². The van der Waals surface area contributed by atoms with Gasteiger partial charge >= 0.3 is 5.97 Å². The third-order valence-electron chi connectivity index (χ3n) is 7.40. The summed E-state index contributed by atoms with van der Waals surface area (Å²) in [5.74, 6) is 0.884. The first-order valence-electron chi connectivity index (χ1n) is 12.4. The zero-order chi connectivity index (χ0) is 25.2. The number of methoxy groups -OCH3 is 2. The minimum Gasteiger partial charge on any atom is -0.493 e. The highest BCUT2D eigenvalue weighted by Gasteiger charge is 2.72. The van der Waals surface area contributed by atoms with Gasteiger partial charge in [-0.1, -0.05) is 17.7 Å². The van der Waals surface area contributed by atoms with Crippen molar-refractivity contribution in [2.45, 2.75) is 76.5 Å². The summed E-state index contributed by atoms with van der Waals surface area (Å²) in [6.07, 6.45) is 7.21. The number of benzene rings is 1. The Morgan fingerprint density at radius 1 is 1.23 bits per heavy atom. The molecule has 0 radical (unpaired) electrons. The van der Waals surface area contributed by atoms with Gasteiger partial charge in [-0.15, -0.1) is 0 Å². The molecule has 0 bridgehead atoms. The normalized spacial score (nSPS) is 33.4. The number of carbonyl (C=O) groups excluding carboxylic acids is 1. The summed E-state index contributed by atoms with van der Waals surface area (Å²) in [5, 5.41) is 0. The number of ether oxygens (including phenoxy) is 6. The van der Waals surface area contributed by atoms with E-state index in [1.165, 1.54) is 11.6 Å². The first-order valence-corrected chi connectivity index (χ1v) is 12.4. The molecule has 6 atom stereocenters. The summed E-state index contributed by atoms with van der Waals surface area (Å²) >= 11 is 0. The zero-order valence-corrected chi connectivity index (χ0v) is 21.7. The Kier molecular flexibility index (Phi) is 7.60. The second-order valence-corrected chi connectivity index (χ2v) is 10.0. The van der Waals surface area contributed by atoms with Gasteiger partial charge < -0.3 is 28.4 Å². The first kappa shape index (κ1) is 25.7. The molecule has 4 rings (SSSR count). The number of carbonyl (C=O) groups is 1. The van der Waals surface area contributed by atoms with E-state index in [2.05, 4.69) is 26.8 Å². The molecule has 0 aromatic heterocycles. The zero-order valence-electron chi connectivity index (χ0n) is 21.7. The van der Waals surface area contributed by atoms with E-state index in [0.717, 1.165) is 18.4 Å². The number of rotatable bonds is 10. The number of esters is 1.